The average Bonchev–Trinajstić information content (AvgIpc) is 3.15. The van der Waals surface area contributed by atoms with E-state index in [-0.39, 0.29) is 33.0 Å². The molecular weight excluding hydrogens is 710 g/mol. The summed E-state index contributed by atoms with van der Waals surface area (Å²) in [6.07, 6.45) is 4.47. The Morgan fingerprint density at radius 1 is 0.500 bits per heavy atom. The quantitative estimate of drug-likeness (QED) is 0.118. The maximum atomic E-state index is 16.0. The largest absolute Gasteiger partial charge is 0.203 e. The van der Waals surface area contributed by atoms with Crippen LogP contribution in [0.2, 0.25) is 0 Å². The van der Waals surface area contributed by atoms with Crippen molar-refractivity contribution in [2.75, 3.05) is 0 Å². The maximum Gasteiger partial charge on any atom is 0.169 e. The third-order valence-electron chi connectivity index (χ3n) is 9.92. The molecule has 252 valence electrons. The van der Waals surface area contributed by atoms with E-state index in [4.69, 9.17) is 0 Å². The molecule has 0 unspecified atom stereocenters. The molecule has 0 heterocycles. The fraction of sp³-hybridized carbons (Fsp3) is 0.163. The van der Waals surface area contributed by atoms with Crippen molar-refractivity contribution in [2.24, 2.45) is 5.92 Å². The third kappa shape index (κ3) is 6.17. The fourth-order valence-electron chi connectivity index (χ4n) is 7.08. The molecule has 1 fully saturated rings. The monoisotopic (exact) mass is 740 g/mol. The molecule has 1 aliphatic rings. The van der Waals surface area contributed by atoms with E-state index in [0.717, 1.165) is 49.4 Å². The lowest BCUT2D eigenvalue weighted by Gasteiger charge is -2.26. The van der Waals surface area contributed by atoms with Crippen molar-refractivity contribution >= 4 is 60.8 Å². The van der Waals surface area contributed by atoms with E-state index < -0.39 is 40.5 Å². The highest BCUT2D eigenvalue weighted by Gasteiger charge is 2.25. The predicted molar refractivity (Wildman–Crippen MR) is 196 cm³/mol. The van der Waals surface area contributed by atoms with Crippen LogP contribution in [-0.2, 0) is 0 Å². The van der Waals surface area contributed by atoms with E-state index in [1.54, 1.807) is 48.5 Å². The van der Waals surface area contributed by atoms with E-state index >= 15 is 26.3 Å². The second-order valence-electron chi connectivity index (χ2n) is 13.0. The molecule has 1 saturated carbocycles. The molecule has 0 saturated heterocycles. The molecule has 6 aromatic rings. The number of benzene rings is 6. The lowest BCUT2D eigenvalue weighted by molar-refractivity contribution is 0.348. The molecule has 0 bridgehead atoms. The van der Waals surface area contributed by atoms with Gasteiger partial charge in [0.2, 0.25) is 0 Å². The van der Waals surface area contributed by atoms with E-state index in [9.17, 15) is 0 Å². The van der Waals surface area contributed by atoms with Gasteiger partial charge in [-0.2, -0.15) is 0 Å². The van der Waals surface area contributed by atoms with Gasteiger partial charge < -0.3 is 0 Å². The van der Waals surface area contributed by atoms with Crippen LogP contribution in [0.15, 0.2) is 114 Å². The van der Waals surface area contributed by atoms with Crippen molar-refractivity contribution in [2.45, 2.75) is 38.5 Å². The molecule has 0 spiro atoms. The average molecular weight is 742 g/mol. The molecule has 0 nitrogen and oxygen atoms in total. The number of fused-ring (bicyclic) bond motifs is 2. The summed E-state index contributed by atoms with van der Waals surface area (Å²) in [5.74, 6) is -7.08. The van der Waals surface area contributed by atoms with Crippen molar-refractivity contribution in [1.29, 1.82) is 0 Å². The Kier molecular flexibility index (Phi) is 9.44. The topological polar surface area (TPSA) is 0 Å². The second kappa shape index (κ2) is 13.9. The van der Waals surface area contributed by atoms with Crippen LogP contribution in [0.25, 0.3) is 56.0 Å². The van der Waals surface area contributed by atoms with E-state index in [1.165, 1.54) is 30.3 Å². The molecule has 7 rings (SSSR count). The van der Waals surface area contributed by atoms with E-state index in [2.05, 4.69) is 22.9 Å². The van der Waals surface area contributed by atoms with Gasteiger partial charge in [0.1, 0.15) is 0 Å². The smallest absolute Gasteiger partial charge is 0.169 e. The Hall–Kier alpha value is -4.62. The minimum absolute atomic E-state index is 0.0300. The summed E-state index contributed by atoms with van der Waals surface area (Å²) in [5, 5.41) is 1.34. The first kappa shape index (κ1) is 33.9. The van der Waals surface area contributed by atoms with Crippen LogP contribution in [0.3, 0.4) is 0 Å². The van der Waals surface area contributed by atoms with Crippen molar-refractivity contribution in [3.05, 3.63) is 153 Å². The first-order chi connectivity index (χ1) is 24.1. The van der Waals surface area contributed by atoms with E-state index in [0.29, 0.717) is 32.6 Å². The summed E-state index contributed by atoms with van der Waals surface area (Å²) >= 11 is 3.44. The van der Waals surface area contributed by atoms with Crippen LogP contribution in [-0.4, -0.2) is 0 Å². The molecular formula is C43H31BrF6. The minimum atomic E-state index is -1.61. The fourth-order valence-corrected chi connectivity index (χ4v) is 7.56. The molecule has 0 aromatic heterocycles. The zero-order valence-electron chi connectivity index (χ0n) is 27.0. The molecule has 6 aromatic carbocycles. The van der Waals surface area contributed by atoms with Crippen molar-refractivity contribution in [3.63, 3.8) is 0 Å². The molecule has 0 N–H and O–H groups in total. The first-order valence-electron chi connectivity index (χ1n) is 16.5. The van der Waals surface area contributed by atoms with Crippen LogP contribution >= 0.6 is 15.9 Å². The highest BCUT2D eigenvalue weighted by molar-refractivity contribution is 9.10. The van der Waals surface area contributed by atoms with Gasteiger partial charge in [0, 0.05) is 26.7 Å². The van der Waals surface area contributed by atoms with Crippen molar-refractivity contribution < 1.29 is 26.3 Å². The molecule has 50 heavy (non-hydrogen) atoms. The Balaban J connectivity index is 1.24. The highest BCUT2D eigenvalue weighted by Crippen LogP contribution is 2.42. The van der Waals surface area contributed by atoms with Crippen molar-refractivity contribution in [1.82, 2.24) is 0 Å². The molecule has 0 amide bonds. The highest BCUT2D eigenvalue weighted by atomic mass is 79.9. The Labute approximate surface area is 294 Å². The molecule has 1 aliphatic carbocycles. The third-order valence-corrected chi connectivity index (χ3v) is 10.6. The summed E-state index contributed by atoms with van der Waals surface area (Å²) in [5.41, 5.74) is 0.152. The first-order valence-corrected chi connectivity index (χ1v) is 17.3. The van der Waals surface area contributed by atoms with Crippen LogP contribution in [0.4, 0.5) is 26.3 Å². The Bertz CT molecular complexity index is 2310. The SMILES string of the molecule is CC1CCC(c2ccc(-c3ccc(/C(F)=C(\F)c4ccc(/C(F)=C(\F)c5ccc(Br)c6ccccc56)c5ccccc45)c(F)c3F)cc2)CC1. The lowest BCUT2D eigenvalue weighted by atomic mass is 9.79. The van der Waals surface area contributed by atoms with Gasteiger partial charge in [-0.05, 0) is 69.5 Å². The number of rotatable bonds is 6. The van der Waals surface area contributed by atoms with Crippen LogP contribution in [0.5, 0.6) is 0 Å². The summed E-state index contributed by atoms with van der Waals surface area (Å²) < 4.78 is 95.0. The number of hydrogen-bond acceptors (Lipinski definition) is 0. The summed E-state index contributed by atoms with van der Waals surface area (Å²) in [6.45, 7) is 2.25. The normalized spacial score (nSPS) is 17.5. The maximum absolute atomic E-state index is 16.0. The lowest BCUT2D eigenvalue weighted by Crippen LogP contribution is -2.10. The van der Waals surface area contributed by atoms with Gasteiger partial charge in [-0.1, -0.05) is 133 Å². The number of halogens is 7. The van der Waals surface area contributed by atoms with E-state index in [1.807, 2.05) is 12.1 Å². The van der Waals surface area contributed by atoms with Gasteiger partial charge >= 0.3 is 0 Å². The van der Waals surface area contributed by atoms with Gasteiger partial charge in [0.05, 0.1) is 5.56 Å². The zero-order valence-corrected chi connectivity index (χ0v) is 28.6. The predicted octanol–water partition coefficient (Wildman–Crippen LogP) is 14.5. The number of hydrogen-bond donors (Lipinski definition) is 0. The van der Waals surface area contributed by atoms with Crippen LogP contribution in [0.1, 0.15) is 66.3 Å². The van der Waals surface area contributed by atoms with Gasteiger partial charge in [0.15, 0.2) is 34.9 Å². The Morgan fingerprint density at radius 3 is 1.48 bits per heavy atom. The van der Waals surface area contributed by atoms with Crippen LogP contribution < -0.4 is 0 Å². The second-order valence-corrected chi connectivity index (χ2v) is 13.8. The molecule has 0 radical (unpaired) electrons. The van der Waals surface area contributed by atoms with Gasteiger partial charge in [-0.3, -0.25) is 0 Å². The minimum Gasteiger partial charge on any atom is -0.203 e. The summed E-state index contributed by atoms with van der Waals surface area (Å²) in [7, 11) is 0. The summed E-state index contributed by atoms with van der Waals surface area (Å²) in [6, 6.07) is 27.8. The zero-order chi connectivity index (χ0) is 35.1. The molecule has 0 atom stereocenters. The van der Waals surface area contributed by atoms with Gasteiger partial charge in [-0.25, -0.2) is 26.3 Å². The van der Waals surface area contributed by atoms with Crippen molar-refractivity contribution in [3.8, 4) is 11.1 Å². The van der Waals surface area contributed by atoms with Gasteiger partial charge in [-0.15, -0.1) is 0 Å². The molecule has 7 heteroatoms. The standard InChI is InChI=1S/C43H31BrF6/c1-24-10-12-25(13-11-24)26-14-16-27(17-15-26)28-18-21-36(42(49)38(28)45)43(50)41(48)34-20-19-33(29-6-2-3-7-30(29)34)39(46)40(47)35-22-23-37(44)32-9-5-4-8-31(32)35/h2-9,14-25H,10-13H2,1H3/b40-39+,43-41+. The van der Waals surface area contributed by atoms with Crippen LogP contribution in [0, 0.1) is 17.6 Å². The Morgan fingerprint density at radius 2 is 0.940 bits per heavy atom. The molecule has 0 aliphatic heterocycles. The summed E-state index contributed by atoms with van der Waals surface area (Å²) in [4.78, 5) is 0. The van der Waals surface area contributed by atoms with Gasteiger partial charge in [0.25, 0.3) is 0 Å².